The molecule has 5 heteroatoms. The van der Waals surface area contributed by atoms with Gasteiger partial charge in [-0.25, -0.2) is 0 Å². The lowest BCUT2D eigenvalue weighted by Gasteiger charge is -2.43. The predicted molar refractivity (Wildman–Crippen MR) is 113 cm³/mol. The van der Waals surface area contributed by atoms with E-state index >= 15 is 0 Å². The van der Waals surface area contributed by atoms with E-state index in [1.54, 1.807) is 6.08 Å². The van der Waals surface area contributed by atoms with Crippen molar-refractivity contribution in [2.45, 2.75) is 77.4 Å². The van der Waals surface area contributed by atoms with E-state index in [2.05, 4.69) is 55.5 Å². The van der Waals surface area contributed by atoms with Crippen LogP contribution < -0.4 is 0 Å². The molecule has 0 aliphatic heterocycles. The molecule has 0 aromatic heterocycles. The first-order valence-corrected chi connectivity index (χ1v) is 13.5. The zero-order valence-electron chi connectivity index (χ0n) is 17.3. The van der Waals surface area contributed by atoms with Gasteiger partial charge < -0.3 is 9.26 Å². The van der Waals surface area contributed by atoms with Gasteiger partial charge in [0.05, 0.1) is 6.04 Å². The van der Waals surface area contributed by atoms with Crippen LogP contribution in [0.15, 0.2) is 43.0 Å². The molecule has 27 heavy (non-hydrogen) atoms. The molecule has 2 atom stereocenters. The van der Waals surface area contributed by atoms with Crippen LogP contribution in [0.3, 0.4) is 0 Å². The normalized spacial score (nSPS) is 18.1. The molecular formula is C22H35NO3Si. The number of esters is 1. The second-order valence-electron chi connectivity index (χ2n) is 8.46. The van der Waals surface area contributed by atoms with Gasteiger partial charge in [-0.15, -0.1) is 0 Å². The Kier molecular flexibility index (Phi) is 8.26. The topological polar surface area (TPSA) is 38.8 Å². The molecule has 1 aliphatic rings. The summed E-state index contributed by atoms with van der Waals surface area (Å²) >= 11 is 0. The highest BCUT2D eigenvalue weighted by molar-refractivity contribution is 6.69. The van der Waals surface area contributed by atoms with Crippen LogP contribution in [0.1, 0.15) is 44.6 Å². The van der Waals surface area contributed by atoms with Crippen molar-refractivity contribution in [2.24, 2.45) is 5.92 Å². The zero-order valence-corrected chi connectivity index (χ0v) is 18.3. The van der Waals surface area contributed by atoms with E-state index in [4.69, 9.17) is 9.26 Å². The maximum absolute atomic E-state index is 11.7. The molecular weight excluding hydrogens is 354 g/mol. The number of carbonyl (C=O) groups excluding carboxylic acids is 1. The van der Waals surface area contributed by atoms with E-state index in [0.717, 1.165) is 12.8 Å². The summed E-state index contributed by atoms with van der Waals surface area (Å²) in [4.78, 5) is 11.7. The molecule has 2 rings (SSSR count). The maximum Gasteiger partial charge on any atom is 0.303 e. The number of hydroxylamine groups is 2. The zero-order chi connectivity index (χ0) is 19.9. The lowest BCUT2D eigenvalue weighted by molar-refractivity contribution is -0.175. The van der Waals surface area contributed by atoms with Gasteiger partial charge in [-0.05, 0) is 50.0 Å². The summed E-state index contributed by atoms with van der Waals surface area (Å²) in [6.45, 7) is 12.7. The van der Waals surface area contributed by atoms with E-state index in [1.807, 2.05) is 6.07 Å². The number of hydrogen-bond donors (Lipinski definition) is 0. The fraction of sp³-hybridized carbons (Fsp3) is 0.591. The van der Waals surface area contributed by atoms with Crippen molar-refractivity contribution in [2.75, 3.05) is 0 Å². The Balaban J connectivity index is 2.36. The minimum atomic E-state index is -1.85. The Hall–Kier alpha value is -1.43. The molecule has 150 valence electrons. The third-order valence-electron chi connectivity index (χ3n) is 4.91. The quantitative estimate of drug-likeness (QED) is 0.248. The summed E-state index contributed by atoms with van der Waals surface area (Å²) in [5.41, 5.74) is 1.20. The van der Waals surface area contributed by atoms with E-state index < -0.39 is 8.32 Å². The molecule has 0 saturated heterocycles. The SMILES string of the molecule is C=C[C@H](OC(C)=O)[C@@H](C1CCCCC1)N(Cc1ccccc1)O[Si](C)(C)C. The third-order valence-corrected chi connectivity index (χ3v) is 5.69. The van der Waals surface area contributed by atoms with Crippen molar-refractivity contribution in [3.05, 3.63) is 48.6 Å². The summed E-state index contributed by atoms with van der Waals surface area (Å²) in [5.74, 6) is 0.162. The number of nitrogens with zero attached hydrogens (tertiary/aromatic N) is 1. The first kappa shape index (κ1) is 21.9. The summed E-state index contributed by atoms with van der Waals surface area (Å²) in [6, 6.07) is 10.3. The predicted octanol–water partition coefficient (Wildman–Crippen LogP) is 5.32. The van der Waals surface area contributed by atoms with Crippen LogP contribution in [0.2, 0.25) is 19.6 Å². The van der Waals surface area contributed by atoms with Crippen LogP contribution >= 0.6 is 0 Å². The van der Waals surface area contributed by atoms with Crippen LogP contribution in [0.4, 0.5) is 0 Å². The van der Waals surface area contributed by atoms with Gasteiger partial charge in [0.15, 0.2) is 0 Å². The van der Waals surface area contributed by atoms with Gasteiger partial charge in [0.1, 0.15) is 6.10 Å². The van der Waals surface area contributed by atoms with Crippen LogP contribution in [-0.2, 0) is 20.6 Å². The molecule has 0 radical (unpaired) electrons. The minimum absolute atomic E-state index is 0.0152. The number of ether oxygens (including phenoxy) is 1. The van der Waals surface area contributed by atoms with Gasteiger partial charge >= 0.3 is 5.97 Å². The lowest BCUT2D eigenvalue weighted by atomic mass is 9.81. The molecule has 0 bridgehead atoms. The molecule has 1 aromatic rings. The third kappa shape index (κ3) is 7.24. The fourth-order valence-corrected chi connectivity index (χ4v) is 4.80. The van der Waals surface area contributed by atoms with Crippen molar-refractivity contribution in [3.8, 4) is 0 Å². The van der Waals surface area contributed by atoms with Gasteiger partial charge in [-0.2, -0.15) is 5.06 Å². The van der Waals surface area contributed by atoms with Gasteiger partial charge in [0.2, 0.25) is 8.32 Å². The molecule has 1 aromatic carbocycles. The average Bonchev–Trinajstić information content (AvgIpc) is 2.61. The van der Waals surface area contributed by atoms with Crippen molar-refractivity contribution in [1.82, 2.24) is 5.06 Å². The second-order valence-corrected chi connectivity index (χ2v) is 12.9. The van der Waals surface area contributed by atoms with E-state index in [0.29, 0.717) is 12.5 Å². The first-order chi connectivity index (χ1) is 12.8. The molecule has 0 unspecified atom stereocenters. The van der Waals surface area contributed by atoms with Crippen LogP contribution in [0.25, 0.3) is 0 Å². The molecule has 1 aliphatic carbocycles. The molecule has 4 nitrogen and oxygen atoms in total. The van der Waals surface area contributed by atoms with Crippen molar-refractivity contribution < 1.29 is 14.1 Å². The van der Waals surface area contributed by atoms with E-state index in [1.165, 1.54) is 31.7 Å². The highest BCUT2D eigenvalue weighted by atomic mass is 28.4. The van der Waals surface area contributed by atoms with Crippen molar-refractivity contribution in [3.63, 3.8) is 0 Å². The first-order valence-electron chi connectivity index (χ1n) is 10.1. The number of carbonyl (C=O) groups is 1. The van der Waals surface area contributed by atoms with Crippen LogP contribution in [0, 0.1) is 5.92 Å². The molecule has 0 spiro atoms. The summed E-state index contributed by atoms with van der Waals surface area (Å²) in [6.07, 6.45) is 7.39. The van der Waals surface area contributed by atoms with Crippen molar-refractivity contribution >= 4 is 14.3 Å². The summed E-state index contributed by atoms with van der Waals surface area (Å²) in [5, 5.41) is 2.10. The number of rotatable bonds is 9. The maximum atomic E-state index is 11.7. The Morgan fingerprint density at radius 3 is 2.37 bits per heavy atom. The van der Waals surface area contributed by atoms with Gasteiger partial charge in [-0.3, -0.25) is 4.79 Å². The Morgan fingerprint density at radius 1 is 1.22 bits per heavy atom. The molecule has 1 saturated carbocycles. The summed E-state index contributed by atoms with van der Waals surface area (Å²) in [7, 11) is -1.85. The minimum Gasteiger partial charge on any atom is -0.457 e. The monoisotopic (exact) mass is 389 g/mol. The molecule has 1 fully saturated rings. The molecule has 0 amide bonds. The Morgan fingerprint density at radius 2 is 1.85 bits per heavy atom. The largest absolute Gasteiger partial charge is 0.457 e. The van der Waals surface area contributed by atoms with E-state index in [-0.39, 0.29) is 18.1 Å². The highest BCUT2D eigenvalue weighted by Gasteiger charge is 2.38. The fourth-order valence-electron chi connectivity index (χ4n) is 3.91. The van der Waals surface area contributed by atoms with Crippen molar-refractivity contribution in [1.29, 1.82) is 0 Å². The molecule has 0 heterocycles. The number of hydrogen-bond acceptors (Lipinski definition) is 4. The second kappa shape index (κ2) is 10.2. The van der Waals surface area contributed by atoms with E-state index in [9.17, 15) is 4.79 Å². The lowest BCUT2D eigenvalue weighted by Crippen LogP contribution is -2.52. The Labute approximate surface area is 165 Å². The average molecular weight is 390 g/mol. The van der Waals surface area contributed by atoms with Gasteiger partial charge in [0.25, 0.3) is 0 Å². The van der Waals surface area contributed by atoms with Gasteiger partial charge in [0, 0.05) is 13.5 Å². The summed E-state index contributed by atoms with van der Waals surface area (Å²) < 4.78 is 12.2. The standard InChI is InChI=1S/C22H35NO3Si/c1-6-21(25-18(2)24)22(20-15-11-8-12-16-20)23(26-27(3,4)5)17-19-13-9-7-10-14-19/h6-7,9-10,13-14,20-22H,1,8,11-12,15-17H2,2-5H3/t21-,22+/m0/s1. The van der Waals surface area contributed by atoms with Crippen LogP contribution in [-0.4, -0.2) is 31.5 Å². The number of benzene rings is 1. The smallest absolute Gasteiger partial charge is 0.303 e. The highest BCUT2D eigenvalue weighted by Crippen LogP contribution is 2.33. The van der Waals surface area contributed by atoms with Crippen LogP contribution in [0.5, 0.6) is 0 Å². The molecule has 0 N–H and O–H groups in total. The van der Waals surface area contributed by atoms with Gasteiger partial charge in [-0.1, -0.05) is 56.2 Å². The Bertz CT molecular complexity index is 593.